The summed E-state index contributed by atoms with van der Waals surface area (Å²) in [4.78, 5) is 49.4. The maximum atomic E-state index is 12.5. The number of carbonyl (C=O) groups is 4. The van der Waals surface area contributed by atoms with Gasteiger partial charge in [0.1, 0.15) is 35.5 Å². The molecule has 12 nitrogen and oxygen atoms in total. The number of likely N-dealkylation sites (tertiary alicyclic amines) is 2. The van der Waals surface area contributed by atoms with Crippen molar-refractivity contribution in [2.75, 3.05) is 40.3 Å². The predicted octanol–water partition coefficient (Wildman–Crippen LogP) is 1.90. The molecule has 288 valence electrons. The summed E-state index contributed by atoms with van der Waals surface area (Å²) in [5.74, 6) is -1.27. The minimum Gasteiger partial charge on any atom is -0.504 e. The Morgan fingerprint density at radius 2 is 0.981 bits per heavy atom. The van der Waals surface area contributed by atoms with Crippen LogP contribution in [0.2, 0.25) is 0 Å². The lowest BCUT2D eigenvalue weighted by Gasteiger charge is -2.65. The number of quaternary nitrogens is 2. The first-order chi connectivity index (χ1) is 25.5. The van der Waals surface area contributed by atoms with Gasteiger partial charge < -0.3 is 39.6 Å². The van der Waals surface area contributed by atoms with Crippen LogP contribution in [-0.2, 0) is 19.2 Å². The molecule has 0 aromatic rings. The molecule has 8 aliphatic carbocycles. The van der Waals surface area contributed by atoms with Gasteiger partial charge in [-0.2, -0.15) is 0 Å². The molecule has 2 aliphatic heterocycles. The molecular formula is C42H52N2O10+2. The van der Waals surface area contributed by atoms with Crippen LogP contribution in [0.15, 0.2) is 70.3 Å². The van der Waals surface area contributed by atoms with Crippen LogP contribution >= 0.6 is 0 Å². The van der Waals surface area contributed by atoms with Gasteiger partial charge in [-0.15, -0.1) is 0 Å². The van der Waals surface area contributed by atoms with Crippen LogP contribution in [0.4, 0.5) is 0 Å². The average molecular weight is 745 g/mol. The van der Waals surface area contributed by atoms with Crippen molar-refractivity contribution in [1.29, 1.82) is 0 Å². The number of aliphatic hydroxyl groups excluding tert-OH is 4. The minimum absolute atomic E-state index is 0.111. The molecule has 6 N–H and O–H groups in total. The van der Waals surface area contributed by atoms with E-state index in [-0.39, 0.29) is 60.5 Å². The van der Waals surface area contributed by atoms with Gasteiger partial charge in [-0.3, -0.25) is 19.2 Å². The first-order valence-corrected chi connectivity index (χ1v) is 19.8. The molecule has 12 heteroatoms. The van der Waals surface area contributed by atoms with Crippen LogP contribution in [0, 0.1) is 22.7 Å². The highest BCUT2D eigenvalue weighted by Crippen LogP contribution is 2.64. The SMILES string of the molecule is C[N+]1(CC2CC2)CC[C@@]23C4=C(O)C(=O)C=CC4=C[C@@H]1[C@]2(O)CCC(=O)C3O.C[N+]1(CC2CC2)CC[C@@]23C4=C(O)C(=O)C=CC4=C[C@@H]1[C@]2(O)CCC(=O)C3O. The van der Waals surface area contributed by atoms with Gasteiger partial charge in [-0.05, 0) is 74.0 Å². The summed E-state index contributed by atoms with van der Waals surface area (Å²) in [7, 11) is 4.30. The fourth-order valence-electron chi connectivity index (χ4n) is 12.6. The number of carbonyl (C=O) groups excluding carboxylic acids is 4. The fourth-order valence-corrected chi connectivity index (χ4v) is 12.6. The monoisotopic (exact) mass is 744 g/mol. The summed E-state index contributed by atoms with van der Waals surface area (Å²) < 4.78 is 1.34. The van der Waals surface area contributed by atoms with E-state index in [1.54, 1.807) is 12.2 Å². The summed E-state index contributed by atoms with van der Waals surface area (Å²) in [6.45, 7) is 3.30. The maximum Gasteiger partial charge on any atom is 0.220 e. The maximum absolute atomic E-state index is 12.5. The smallest absolute Gasteiger partial charge is 0.220 e. The zero-order valence-corrected chi connectivity index (χ0v) is 31.0. The number of hydrogen-bond acceptors (Lipinski definition) is 10. The van der Waals surface area contributed by atoms with E-state index in [9.17, 15) is 49.8 Å². The van der Waals surface area contributed by atoms with E-state index in [1.165, 1.54) is 37.8 Å². The Balaban J connectivity index is 0.000000142. The number of rotatable bonds is 4. The number of nitrogens with zero attached hydrogens (tertiary/aromatic N) is 2. The van der Waals surface area contributed by atoms with Crippen LogP contribution in [0.25, 0.3) is 0 Å². The van der Waals surface area contributed by atoms with Gasteiger partial charge in [-0.1, -0.05) is 12.2 Å². The van der Waals surface area contributed by atoms with Crippen molar-refractivity contribution >= 4 is 23.1 Å². The molecule has 0 aromatic carbocycles. The summed E-state index contributed by atoms with van der Waals surface area (Å²) in [6, 6.07) is -0.557. The molecular weight excluding hydrogens is 692 g/mol. The highest BCUT2D eigenvalue weighted by molar-refractivity contribution is 6.07. The largest absolute Gasteiger partial charge is 0.504 e. The normalized spacial score (nSPS) is 46.1. The molecule has 6 fully saturated rings. The fraction of sp³-hybridized carbons (Fsp3) is 0.619. The number of piperidine rings is 2. The Hall–Kier alpha value is -3.52. The van der Waals surface area contributed by atoms with Crippen molar-refractivity contribution in [3.63, 3.8) is 0 Å². The second-order valence-electron chi connectivity index (χ2n) is 18.7. The van der Waals surface area contributed by atoms with Crippen molar-refractivity contribution in [2.45, 2.75) is 99.7 Å². The predicted molar refractivity (Wildman–Crippen MR) is 193 cm³/mol. The summed E-state index contributed by atoms with van der Waals surface area (Å²) in [6.07, 6.45) is 13.4. The Kier molecular flexibility index (Phi) is 7.71. The zero-order valence-electron chi connectivity index (χ0n) is 31.0. The Morgan fingerprint density at radius 1 is 0.611 bits per heavy atom. The van der Waals surface area contributed by atoms with E-state index in [4.69, 9.17) is 0 Å². The van der Waals surface area contributed by atoms with Gasteiger partial charge in [0.05, 0.1) is 51.1 Å². The van der Waals surface area contributed by atoms with Gasteiger partial charge in [0.15, 0.2) is 23.1 Å². The van der Waals surface area contributed by atoms with Crippen molar-refractivity contribution in [2.24, 2.45) is 22.7 Å². The van der Waals surface area contributed by atoms with Crippen molar-refractivity contribution in [3.8, 4) is 0 Å². The van der Waals surface area contributed by atoms with Crippen LogP contribution in [0.5, 0.6) is 0 Å². The molecule has 2 saturated heterocycles. The average Bonchev–Trinajstić information content (AvgIpc) is 4.08. The Bertz CT molecular complexity index is 1850. The third-order valence-corrected chi connectivity index (χ3v) is 15.6. The van der Waals surface area contributed by atoms with Crippen molar-refractivity contribution < 1.29 is 58.8 Å². The lowest BCUT2D eigenvalue weighted by Crippen LogP contribution is -2.79. The molecule has 54 heavy (non-hydrogen) atoms. The molecule has 4 saturated carbocycles. The van der Waals surface area contributed by atoms with E-state index in [0.717, 1.165) is 13.1 Å². The standard InChI is InChI=1S/2C21H25NO5/c2*1-22(11-12-2-3-12)9-8-20-17-13(4-5-14(23)18(17)25)10-16(22)21(20,27)7-6-15(24)19(20)26/h2*4-5,10,12,16,19,26-27H,2-3,6-9,11H2,1H3/p+2/t2*16-,19?,20+,21-,22?/m11/s1. The van der Waals surface area contributed by atoms with Crippen molar-refractivity contribution in [1.82, 2.24) is 0 Å². The van der Waals surface area contributed by atoms with E-state index >= 15 is 0 Å². The van der Waals surface area contributed by atoms with Gasteiger partial charge in [-0.25, -0.2) is 0 Å². The zero-order chi connectivity index (χ0) is 38.4. The molecule has 10 aliphatic rings. The number of Topliss-reactive ketones (excluding diaryl/α,β-unsaturated/α-hetero) is 2. The van der Waals surface area contributed by atoms with E-state index < -0.39 is 57.3 Å². The molecule has 10 rings (SSSR count). The topological polar surface area (TPSA) is 190 Å². The van der Waals surface area contributed by atoms with Crippen LogP contribution in [0.3, 0.4) is 0 Å². The number of aliphatic hydroxyl groups is 6. The second kappa shape index (κ2) is 11.5. The summed E-state index contributed by atoms with van der Waals surface area (Å²) in [5.41, 5.74) is -3.49. The number of fused-ring (bicyclic) bond motifs is 2. The molecule has 0 aromatic heterocycles. The number of ketones is 4. The summed E-state index contributed by atoms with van der Waals surface area (Å²) >= 11 is 0. The van der Waals surface area contributed by atoms with Crippen LogP contribution in [-0.4, -0.2) is 139 Å². The number of hydrogen-bond donors (Lipinski definition) is 6. The van der Waals surface area contributed by atoms with Crippen molar-refractivity contribution in [3.05, 3.63) is 70.3 Å². The molecule has 0 spiro atoms. The molecule has 10 atom stereocenters. The highest BCUT2D eigenvalue weighted by atomic mass is 16.3. The highest BCUT2D eigenvalue weighted by Gasteiger charge is 2.75. The molecule has 0 amide bonds. The summed E-state index contributed by atoms with van der Waals surface area (Å²) in [5, 5.41) is 67.3. The lowest BCUT2D eigenvalue weighted by molar-refractivity contribution is -0.944. The lowest BCUT2D eigenvalue weighted by atomic mass is 9.47. The molecule has 4 bridgehead atoms. The van der Waals surface area contributed by atoms with E-state index in [0.29, 0.717) is 57.9 Å². The van der Waals surface area contributed by atoms with E-state index in [2.05, 4.69) is 14.1 Å². The second-order valence-corrected chi connectivity index (χ2v) is 18.7. The third kappa shape index (κ3) is 4.58. The first-order valence-electron chi connectivity index (χ1n) is 19.8. The van der Waals surface area contributed by atoms with Crippen LogP contribution < -0.4 is 0 Å². The molecule has 2 heterocycles. The minimum atomic E-state index is -1.41. The molecule has 0 radical (unpaired) electrons. The Morgan fingerprint density at radius 3 is 1.33 bits per heavy atom. The number of likely N-dealkylation sites (N-methyl/N-ethyl adjacent to an activating group) is 2. The first kappa shape index (κ1) is 36.1. The Labute approximate surface area is 314 Å². The molecule has 4 unspecified atom stereocenters. The quantitative estimate of drug-likeness (QED) is 0.232. The van der Waals surface area contributed by atoms with Gasteiger partial charge in [0.25, 0.3) is 0 Å². The van der Waals surface area contributed by atoms with Gasteiger partial charge in [0, 0.05) is 48.7 Å². The van der Waals surface area contributed by atoms with Gasteiger partial charge >= 0.3 is 0 Å². The number of allylic oxidation sites excluding steroid dienone is 6. The van der Waals surface area contributed by atoms with Crippen LogP contribution in [0.1, 0.15) is 64.2 Å². The van der Waals surface area contributed by atoms with E-state index in [1.807, 2.05) is 12.2 Å². The third-order valence-electron chi connectivity index (χ3n) is 15.6. The van der Waals surface area contributed by atoms with Gasteiger partial charge in [0.2, 0.25) is 11.6 Å².